The van der Waals surface area contributed by atoms with Crippen LogP contribution in [0.2, 0.25) is 0 Å². The van der Waals surface area contributed by atoms with Crippen LogP contribution in [0.5, 0.6) is 0 Å². The van der Waals surface area contributed by atoms with Gasteiger partial charge in [-0.25, -0.2) is 9.97 Å². The van der Waals surface area contributed by atoms with Gasteiger partial charge in [-0.05, 0) is 86.8 Å². The lowest BCUT2D eigenvalue weighted by Gasteiger charge is -2.08. The smallest absolute Gasteiger partial charge is 0.133 e. The lowest BCUT2D eigenvalue weighted by atomic mass is 9.99. The number of hydrogen-bond donors (Lipinski definition) is 0. The predicted molar refractivity (Wildman–Crippen MR) is 146 cm³/mol. The molecular formula is C26H22N2S5. The standard InChI is InChI=1S/C26H22N2S5/c1-3-7-17-15(5-1)11-21(29-17)23-13-27-25(32-23)19-9-10-20(31-19)26-28-14-24(33-26)22-12-16-6-2-4-8-18(16)30-22/h9-14H,1-8H2. The molecule has 0 amide bonds. The molecule has 0 N–H and O–H groups in total. The van der Waals surface area contributed by atoms with Crippen molar-refractivity contribution in [3.05, 3.63) is 57.5 Å². The third-order valence-electron chi connectivity index (χ3n) is 6.52. The monoisotopic (exact) mass is 522 g/mol. The van der Waals surface area contributed by atoms with E-state index in [0.717, 1.165) is 10.0 Å². The summed E-state index contributed by atoms with van der Waals surface area (Å²) in [6, 6.07) is 9.26. The molecule has 0 saturated carbocycles. The minimum atomic E-state index is 1.12. The lowest BCUT2D eigenvalue weighted by molar-refractivity contribution is 0.697. The van der Waals surface area contributed by atoms with Crippen LogP contribution in [0.25, 0.3) is 39.3 Å². The molecule has 5 aromatic rings. The van der Waals surface area contributed by atoms with Crippen LogP contribution >= 0.6 is 56.7 Å². The Morgan fingerprint density at radius 2 is 0.970 bits per heavy atom. The molecule has 2 aliphatic carbocycles. The molecule has 5 aromatic heterocycles. The Morgan fingerprint density at radius 3 is 1.45 bits per heavy atom. The Bertz CT molecular complexity index is 1290. The van der Waals surface area contributed by atoms with Gasteiger partial charge in [-0.3, -0.25) is 0 Å². The molecule has 0 bridgehead atoms. The van der Waals surface area contributed by atoms with Crippen molar-refractivity contribution in [3.63, 3.8) is 0 Å². The van der Waals surface area contributed by atoms with Crippen molar-refractivity contribution in [2.45, 2.75) is 51.4 Å². The zero-order valence-electron chi connectivity index (χ0n) is 18.1. The molecule has 7 heteroatoms. The van der Waals surface area contributed by atoms with Crippen LogP contribution in [0.4, 0.5) is 0 Å². The second kappa shape index (κ2) is 8.54. The van der Waals surface area contributed by atoms with Gasteiger partial charge < -0.3 is 0 Å². The van der Waals surface area contributed by atoms with Crippen LogP contribution in [-0.4, -0.2) is 9.97 Å². The first-order valence-corrected chi connectivity index (χ1v) is 15.6. The minimum Gasteiger partial charge on any atom is -0.243 e. The van der Waals surface area contributed by atoms with Crippen LogP contribution in [0.1, 0.15) is 46.6 Å². The van der Waals surface area contributed by atoms with Crippen molar-refractivity contribution in [1.82, 2.24) is 9.97 Å². The van der Waals surface area contributed by atoms with Crippen molar-refractivity contribution in [1.29, 1.82) is 0 Å². The number of fused-ring (bicyclic) bond motifs is 2. The molecule has 0 atom stereocenters. The molecule has 2 nitrogen and oxygen atoms in total. The Labute approximate surface area is 213 Å². The summed E-state index contributed by atoms with van der Waals surface area (Å²) in [4.78, 5) is 20.6. The van der Waals surface area contributed by atoms with Crippen LogP contribution in [0.15, 0.2) is 36.7 Å². The van der Waals surface area contributed by atoms with Crippen LogP contribution < -0.4 is 0 Å². The SMILES string of the molecule is c1nc(-c2ccc(-c3ncc(-c4cc5c(s4)CCCC5)s3)s2)sc1-c1cc2c(s1)CCCC2. The van der Waals surface area contributed by atoms with Gasteiger partial charge in [-0.15, -0.1) is 56.7 Å². The van der Waals surface area contributed by atoms with E-state index in [-0.39, 0.29) is 0 Å². The summed E-state index contributed by atoms with van der Waals surface area (Å²) in [5, 5.41) is 2.24. The van der Waals surface area contributed by atoms with Crippen molar-refractivity contribution in [2.75, 3.05) is 0 Å². The fourth-order valence-electron chi connectivity index (χ4n) is 4.80. The molecule has 7 rings (SSSR count). The topological polar surface area (TPSA) is 25.8 Å². The molecule has 0 radical (unpaired) electrons. The van der Waals surface area contributed by atoms with Crippen LogP contribution in [0.3, 0.4) is 0 Å². The van der Waals surface area contributed by atoms with E-state index in [1.807, 2.05) is 56.7 Å². The third-order valence-corrected chi connectivity index (χ3v) is 12.8. The maximum absolute atomic E-state index is 4.79. The van der Waals surface area contributed by atoms with Gasteiger partial charge in [0.25, 0.3) is 0 Å². The summed E-state index contributed by atoms with van der Waals surface area (Å²) in [6.45, 7) is 0. The van der Waals surface area contributed by atoms with Crippen molar-refractivity contribution < 1.29 is 0 Å². The Balaban J connectivity index is 1.14. The summed E-state index contributed by atoms with van der Waals surface area (Å²) < 4.78 is 0. The first-order valence-electron chi connectivity index (χ1n) is 11.6. The first-order chi connectivity index (χ1) is 16.3. The number of hydrogen-bond acceptors (Lipinski definition) is 7. The molecule has 33 heavy (non-hydrogen) atoms. The summed E-state index contributed by atoms with van der Waals surface area (Å²) in [7, 11) is 0. The molecule has 166 valence electrons. The molecular weight excluding hydrogens is 501 g/mol. The zero-order valence-corrected chi connectivity index (χ0v) is 22.1. The average Bonchev–Trinajstić information content (AvgIpc) is 3.66. The fraction of sp³-hybridized carbons (Fsp3) is 0.308. The summed E-state index contributed by atoms with van der Waals surface area (Å²) in [6.07, 6.45) is 14.5. The van der Waals surface area contributed by atoms with E-state index in [1.165, 1.54) is 80.6 Å². The lowest BCUT2D eigenvalue weighted by Crippen LogP contribution is -1.96. The maximum Gasteiger partial charge on any atom is 0.133 e. The normalized spacial score (nSPS) is 15.5. The van der Waals surface area contributed by atoms with Crippen LogP contribution in [-0.2, 0) is 25.7 Å². The number of aromatic nitrogens is 2. The molecule has 2 aliphatic rings. The van der Waals surface area contributed by atoms with Gasteiger partial charge in [-0.2, -0.15) is 0 Å². The maximum atomic E-state index is 4.79. The van der Waals surface area contributed by atoms with Gasteiger partial charge in [0.15, 0.2) is 0 Å². The van der Waals surface area contributed by atoms with Crippen LogP contribution in [0, 0.1) is 0 Å². The van der Waals surface area contributed by atoms with Gasteiger partial charge in [-0.1, -0.05) is 0 Å². The highest BCUT2D eigenvalue weighted by Crippen LogP contribution is 2.44. The van der Waals surface area contributed by atoms with Gasteiger partial charge in [0, 0.05) is 31.9 Å². The quantitative estimate of drug-likeness (QED) is 0.235. The number of aryl methyl sites for hydroxylation is 4. The first kappa shape index (κ1) is 20.7. The third kappa shape index (κ3) is 3.88. The number of nitrogens with zero attached hydrogens (tertiary/aromatic N) is 2. The summed E-state index contributed by atoms with van der Waals surface area (Å²) in [5.41, 5.74) is 3.14. The molecule has 0 unspecified atom stereocenters. The van der Waals surface area contributed by atoms with Crippen molar-refractivity contribution in [2.24, 2.45) is 0 Å². The van der Waals surface area contributed by atoms with E-state index in [1.54, 1.807) is 20.9 Å². The van der Waals surface area contributed by atoms with E-state index in [4.69, 9.17) is 9.97 Å². The number of rotatable bonds is 4. The molecule has 5 heterocycles. The number of thiophene rings is 3. The van der Waals surface area contributed by atoms with E-state index < -0.39 is 0 Å². The van der Waals surface area contributed by atoms with E-state index in [0.29, 0.717) is 0 Å². The average molecular weight is 523 g/mol. The summed E-state index contributed by atoms with van der Waals surface area (Å²) >= 11 is 9.41. The van der Waals surface area contributed by atoms with E-state index in [9.17, 15) is 0 Å². The van der Waals surface area contributed by atoms with Gasteiger partial charge in [0.05, 0.1) is 19.5 Å². The Hall–Kier alpha value is -1.64. The molecule has 0 spiro atoms. The second-order valence-corrected chi connectivity index (χ2v) is 14.2. The zero-order chi connectivity index (χ0) is 21.8. The Kier molecular flexibility index (Phi) is 5.36. The van der Waals surface area contributed by atoms with E-state index >= 15 is 0 Å². The second-order valence-electron chi connectivity index (χ2n) is 8.76. The highest BCUT2D eigenvalue weighted by Gasteiger charge is 2.19. The van der Waals surface area contributed by atoms with Crippen molar-refractivity contribution in [3.8, 4) is 39.3 Å². The van der Waals surface area contributed by atoms with Gasteiger partial charge in [0.2, 0.25) is 0 Å². The minimum absolute atomic E-state index is 1.12. The highest BCUT2D eigenvalue weighted by atomic mass is 32.1. The number of thiazole rings is 2. The fourth-order valence-corrected chi connectivity index (χ4v) is 10.4. The molecule has 0 fully saturated rings. The van der Waals surface area contributed by atoms with Crippen molar-refractivity contribution >= 4 is 56.7 Å². The van der Waals surface area contributed by atoms with Gasteiger partial charge in [0.1, 0.15) is 10.0 Å². The van der Waals surface area contributed by atoms with E-state index in [2.05, 4.69) is 36.7 Å². The van der Waals surface area contributed by atoms with Gasteiger partial charge >= 0.3 is 0 Å². The predicted octanol–water partition coefficient (Wildman–Crippen LogP) is 9.21. The molecule has 0 saturated heterocycles. The summed E-state index contributed by atoms with van der Waals surface area (Å²) in [5.74, 6) is 0. The molecule has 0 aromatic carbocycles. The highest BCUT2D eigenvalue weighted by molar-refractivity contribution is 7.29. The molecule has 0 aliphatic heterocycles. The largest absolute Gasteiger partial charge is 0.243 e. The Morgan fingerprint density at radius 1 is 0.485 bits per heavy atom.